The molecule has 1 aliphatic heterocycles. The first kappa shape index (κ1) is 27.9. The van der Waals surface area contributed by atoms with Crippen LogP contribution in [0.4, 0.5) is 4.39 Å². The molecule has 3 aromatic rings. The van der Waals surface area contributed by atoms with Gasteiger partial charge in [-0.05, 0) is 66.8 Å². The van der Waals surface area contributed by atoms with E-state index in [1.54, 1.807) is 36.4 Å². The van der Waals surface area contributed by atoms with Crippen molar-refractivity contribution in [2.75, 3.05) is 13.1 Å². The molecule has 1 amide bonds. The van der Waals surface area contributed by atoms with E-state index in [0.717, 1.165) is 49.1 Å². The zero-order valence-electron chi connectivity index (χ0n) is 20.7. The van der Waals surface area contributed by atoms with Gasteiger partial charge >= 0.3 is 0 Å². The highest BCUT2D eigenvalue weighted by molar-refractivity contribution is 7.89. The molecule has 0 aromatic heterocycles. The van der Waals surface area contributed by atoms with Crippen molar-refractivity contribution in [3.8, 4) is 0 Å². The molecular formula is C27H30FN3O5S2. The average molecular weight is 560 g/mol. The Kier molecular flexibility index (Phi) is 8.93. The molecule has 0 spiro atoms. The highest BCUT2D eigenvalue weighted by atomic mass is 32.2. The van der Waals surface area contributed by atoms with Crippen LogP contribution in [0.15, 0.2) is 88.7 Å². The number of piperidine rings is 1. The van der Waals surface area contributed by atoms with Gasteiger partial charge in [-0.15, -0.1) is 0 Å². The first-order valence-electron chi connectivity index (χ1n) is 12.3. The number of nitrogens with one attached hydrogen (secondary N) is 2. The first-order chi connectivity index (χ1) is 18.1. The molecular weight excluding hydrogens is 529 g/mol. The lowest BCUT2D eigenvalue weighted by Crippen LogP contribution is -2.47. The number of halogens is 1. The van der Waals surface area contributed by atoms with Gasteiger partial charge in [0.05, 0.1) is 9.79 Å². The van der Waals surface area contributed by atoms with Crippen LogP contribution in [0.1, 0.15) is 30.4 Å². The van der Waals surface area contributed by atoms with Gasteiger partial charge in [-0.3, -0.25) is 4.79 Å². The predicted molar refractivity (Wildman–Crippen MR) is 142 cm³/mol. The SMILES string of the molecule is O=C(NCc1ccc(S(=O)(=O)N2CCCCC2)cc1)C(Cc1ccccc1)NS(=O)(=O)c1ccc(F)cc1. The van der Waals surface area contributed by atoms with Crippen molar-refractivity contribution in [2.45, 2.75) is 48.1 Å². The molecule has 0 bridgehead atoms. The van der Waals surface area contributed by atoms with Gasteiger partial charge in [-0.1, -0.05) is 48.9 Å². The molecule has 1 atom stereocenters. The molecule has 1 fully saturated rings. The van der Waals surface area contributed by atoms with Gasteiger partial charge in [0.25, 0.3) is 0 Å². The highest BCUT2D eigenvalue weighted by Crippen LogP contribution is 2.21. The Bertz CT molecular complexity index is 1440. The summed E-state index contributed by atoms with van der Waals surface area (Å²) in [5, 5.41) is 2.74. The van der Waals surface area contributed by atoms with Crippen LogP contribution in [0.2, 0.25) is 0 Å². The molecule has 0 saturated carbocycles. The van der Waals surface area contributed by atoms with E-state index in [0.29, 0.717) is 18.7 Å². The summed E-state index contributed by atoms with van der Waals surface area (Å²) >= 11 is 0. The summed E-state index contributed by atoms with van der Waals surface area (Å²) < 4.78 is 68.8. The van der Waals surface area contributed by atoms with Gasteiger partial charge in [0.15, 0.2) is 0 Å². The van der Waals surface area contributed by atoms with Crippen LogP contribution in [0.3, 0.4) is 0 Å². The summed E-state index contributed by atoms with van der Waals surface area (Å²) in [4.78, 5) is 13.2. The topological polar surface area (TPSA) is 113 Å². The number of hydrogen-bond acceptors (Lipinski definition) is 5. The molecule has 0 radical (unpaired) electrons. The molecule has 1 heterocycles. The molecule has 8 nitrogen and oxygen atoms in total. The fraction of sp³-hybridized carbons (Fsp3) is 0.296. The van der Waals surface area contributed by atoms with Crippen molar-refractivity contribution in [2.24, 2.45) is 0 Å². The maximum Gasteiger partial charge on any atom is 0.243 e. The summed E-state index contributed by atoms with van der Waals surface area (Å²) in [5.41, 5.74) is 1.41. The summed E-state index contributed by atoms with van der Waals surface area (Å²) in [5.74, 6) is -1.12. The minimum atomic E-state index is -4.11. The van der Waals surface area contributed by atoms with Crippen LogP contribution < -0.4 is 10.0 Å². The molecule has 4 rings (SSSR count). The fourth-order valence-electron chi connectivity index (χ4n) is 4.25. The number of carbonyl (C=O) groups is 1. The van der Waals surface area contributed by atoms with Crippen molar-refractivity contribution in [1.29, 1.82) is 0 Å². The second-order valence-corrected chi connectivity index (χ2v) is 12.8. The van der Waals surface area contributed by atoms with Crippen LogP contribution in [-0.4, -0.2) is 46.2 Å². The number of benzene rings is 3. The van der Waals surface area contributed by atoms with E-state index < -0.39 is 37.8 Å². The molecule has 11 heteroatoms. The minimum Gasteiger partial charge on any atom is -0.351 e. The van der Waals surface area contributed by atoms with Gasteiger partial charge in [-0.25, -0.2) is 21.2 Å². The van der Waals surface area contributed by atoms with Crippen LogP contribution in [0.25, 0.3) is 0 Å². The van der Waals surface area contributed by atoms with E-state index in [1.807, 2.05) is 6.07 Å². The van der Waals surface area contributed by atoms with Gasteiger partial charge in [-0.2, -0.15) is 9.03 Å². The van der Waals surface area contributed by atoms with E-state index in [1.165, 1.54) is 16.4 Å². The lowest BCUT2D eigenvalue weighted by atomic mass is 10.1. The van der Waals surface area contributed by atoms with Gasteiger partial charge in [0.2, 0.25) is 26.0 Å². The van der Waals surface area contributed by atoms with Crippen molar-refractivity contribution in [3.05, 3.63) is 95.8 Å². The summed E-state index contributed by atoms with van der Waals surface area (Å²) in [6.45, 7) is 1.10. The summed E-state index contributed by atoms with van der Waals surface area (Å²) in [6, 6.07) is 18.5. The molecule has 202 valence electrons. The Hall–Kier alpha value is -3.12. The molecule has 1 saturated heterocycles. The van der Waals surface area contributed by atoms with Gasteiger partial charge in [0, 0.05) is 19.6 Å². The van der Waals surface area contributed by atoms with Crippen molar-refractivity contribution < 1.29 is 26.0 Å². The Labute approximate surface area is 223 Å². The van der Waals surface area contributed by atoms with E-state index in [4.69, 9.17) is 0 Å². The average Bonchev–Trinajstić information content (AvgIpc) is 2.93. The second-order valence-electron chi connectivity index (χ2n) is 9.14. The normalized spacial score (nSPS) is 15.6. The highest BCUT2D eigenvalue weighted by Gasteiger charge is 2.27. The summed E-state index contributed by atoms with van der Waals surface area (Å²) in [7, 11) is -7.67. The molecule has 0 aliphatic carbocycles. The number of amides is 1. The molecule has 1 aliphatic rings. The smallest absolute Gasteiger partial charge is 0.243 e. The maximum absolute atomic E-state index is 13.3. The second kappa shape index (κ2) is 12.2. The van der Waals surface area contributed by atoms with Gasteiger partial charge in [0.1, 0.15) is 11.9 Å². The molecule has 3 aromatic carbocycles. The first-order valence-corrected chi connectivity index (χ1v) is 15.3. The molecule has 1 unspecified atom stereocenters. The number of rotatable bonds is 10. The third kappa shape index (κ3) is 7.04. The van der Waals surface area contributed by atoms with E-state index in [9.17, 15) is 26.0 Å². The third-order valence-electron chi connectivity index (χ3n) is 6.36. The van der Waals surface area contributed by atoms with E-state index in [-0.39, 0.29) is 22.8 Å². The standard InChI is InChI=1S/C27H30FN3O5S2/c28-23-11-15-24(16-12-23)37(33,34)30-26(19-21-7-3-1-4-8-21)27(32)29-20-22-9-13-25(14-10-22)38(35,36)31-17-5-2-6-18-31/h1,3-4,7-16,26,30H,2,5-6,17-20H2,(H,29,32). The number of nitrogens with zero attached hydrogens (tertiary/aromatic N) is 1. The predicted octanol–water partition coefficient (Wildman–Crippen LogP) is 3.21. The number of carbonyl (C=O) groups excluding carboxylic acids is 1. The largest absolute Gasteiger partial charge is 0.351 e. The van der Waals surface area contributed by atoms with Crippen molar-refractivity contribution in [1.82, 2.24) is 14.3 Å². The molecule has 38 heavy (non-hydrogen) atoms. The van der Waals surface area contributed by atoms with Gasteiger partial charge < -0.3 is 5.32 Å². The zero-order valence-corrected chi connectivity index (χ0v) is 22.3. The van der Waals surface area contributed by atoms with Crippen LogP contribution in [0.5, 0.6) is 0 Å². The Morgan fingerprint density at radius 2 is 1.39 bits per heavy atom. The summed E-state index contributed by atoms with van der Waals surface area (Å²) in [6.07, 6.45) is 2.81. The Balaban J connectivity index is 1.45. The quantitative estimate of drug-likeness (QED) is 0.396. The maximum atomic E-state index is 13.3. The molecule has 2 N–H and O–H groups in total. The number of hydrogen-bond donors (Lipinski definition) is 2. The van der Waals surface area contributed by atoms with Crippen LogP contribution in [-0.2, 0) is 37.8 Å². The lowest BCUT2D eigenvalue weighted by molar-refractivity contribution is -0.122. The van der Waals surface area contributed by atoms with E-state index >= 15 is 0 Å². The monoisotopic (exact) mass is 559 g/mol. The number of sulfonamides is 2. The fourth-order valence-corrected chi connectivity index (χ4v) is 6.97. The van der Waals surface area contributed by atoms with Crippen molar-refractivity contribution >= 4 is 26.0 Å². The Morgan fingerprint density at radius 1 is 0.789 bits per heavy atom. The van der Waals surface area contributed by atoms with Crippen molar-refractivity contribution in [3.63, 3.8) is 0 Å². The Morgan fingerprint density at radius 3 is 2.03 bits per heavy atom. The van der Waals surface area contributed by atoms with Crippen LogP contribution >= 0.6 is 0 Å². The van der Waals surface area contributed by atoms with E-state index in [2.05, 4.69) is 10.0 Å². The van der Waals surface area contributed by atoms with Crippen LogP contribution in [0, 0.1) is 5.82 Å². The zero-order chi connectivity index (χ0) is 27.2. The minimum absolute atomic E-state index is 0.0758. The third-order valence-corrected chi connectivity index (χ3v) is 9.76. The lowest BCUT2D eigenvalue weighted by Gasteiger charge is -2.25.